The molecule has 6 nitrogen and oxygen atoms in total. The number of imidazole rings is 1. The molecule has 0 spiro atoms. The number of anilines is 1. The van der Waals surface area contributed by atoms with Crippen LogP contribution >= 0.6 is 0 Å². The van der Waals surface area contributed by atoms with Crippen LogP contribution in [0.15, 0.2) is 42.6 Å². The fraction of sp³-hybridized carbons (Fsp3) is 0.381. The number of carbonyl (C=O) groups is 1. The van der Waals surface area contributed by atoms with Crippen molar-refractivity contribution in [2.45, 2.75) is 38.8 Å². The Kier molecular flexibility index (Phi) is 6.91. The molecule has 3 aromatic rings. The summed E-state index contributed by atoms with van der Waals surface area (Å²) in [4.78, 5) is 16.7. The zero-order valence-corrected chi connectivity index (χ0v) is 16.7. The van der Waals surface area contributed by atoms with Crippen LogP contribution in [0, 0.1) is 0 Å². The minimum Gasteiger partial charge on any atom is -0.367 e. The molecule has 0 radical (unpaired) electrons. The number of hydrogen-bond donors (Lipinski definition) is 2. The second-order valence-corrected chi connectivity index (χ2v) is 6.94. The molecule has 1 aromatic carbocycles. The lowest BCUT2D eigenvalue weighted by Gasteiger charge is -2.13. The quantitative estimate of drug-likeness (QED) is 0.507. The minimum atomic E-state index is -4.58. The number of rotatable bonds is 9. The van der Waals surface area contributed by atoms with E-state index in [1.165, 1.54) is 12.1 Å². The summed E-state index contributed by atoms with van der Waals surface area (Å²) in [5, 5.41) is 9.98. The molecule has 0 saturated heterocycles. The van der Waals surface area contributed by atoms with E-state index in [2.05, 4.69) is 27.6 Å². The molecule has 2 heterocycles. The van der Waals surface area contributed by atoms with Gasteiger partial charge < -0.3 is 10.6 Å². The number of unbranched alkanes of at least 4 members (excludes halogenated alkanes) is 2. The van der Waals surface area contributed by atoms with Crippen molar-refractivity contribution in [1.82, 2.24) is 19.9 Å². The van der Waals surface area contributed by atoms with Gasteiger partial charge in [-0.15, -0.1) is 5.10 Å². The monoisotopic (exact) mass is 419 g/mol. The van der Waals surface area contributed by atoms with Crippen molar-refractivity contribution in [2.75, 3.05) is 18.4 Å². The third-order valence-corrected chi connectivity index (χ3v) is 4.60. The number of carbonyl (C=O) groups excluding carboxylic acids is 1. The van der Waals surface area contributed by atoms with Gasteiger partial charge in [0.15, 0.2) is 5.65 Å². The summed E-state index contributed by atoms with van der Waals surface area (Å²) >= 11 is 0. The maximum atomic E-state index is 13.0. The largest absolute Gasteiger partial charge is 0.417 e. The van der Waals surface area contributed by atoms with Gasteiger partial charge in [-0.2, -0.15) is 13.2 Å². The summed E-state index contributed by atoms with van der Waals surface area (Å²) < 4.78 is 40.8. The number of fused-ring (bicyclic) bond motifs is 1. The highest BCUT2D eigenvalue weighted by molar-refractivity contribution is 5.95. The van der Waals surface area contributed by atoms with Crippen molar-refractivity contribution in [2.24, 2.45) is 0 Å². The first-order valence-corrected chi connectivity index (χ1v) is 9.92. The first-order chi connectivity index (χ1) is 14.4. The van der Waals surface area contributed by atoms with Crippen LogP contribution in [0.3, 0.4) is 0 Å². The van der Waals surface area contributed by atoms with Crippen molar-refractivity contribution in [3.05, 3.63) is 59.4 Å². The Morgan fingerprint density at radius 3 is 2.67 bits per heavy atom. The molecule has 0 aliphatic rings. The van der Waals surface area contributed by atoms with Crippen molar-refractivity contribution in [1.29, 1.82) is 0 Å². The van der Waals surface area contributed by atoms with Crippen LogP contribution in [-0.4, -0.2) is 33.6 Å². The number of alkyl halides is 3. The molecule has 160 valence electrons. The maximum absolute atomic E-state index is 13.0. The molecule has 0 aliphatic carbocycles. The lowest BCUT2D eigenvalue weighted by atomic mass is 10.1. The average Bonchev–Trinajstić information content (AvgIpc) is 3.12. The van der Waals surface area contributed by atoms with E-state index in [1.54, 1.807) is 10.6 Å². The molecule has 9 heteroatoms. The highest BCUT2D eigenvalue weighted by atomic mass is 19.4. The van der Waals surface area contributed by atoms with Crippen molar-refractivity contribution >= 4 is 17.4 Å². The fourth-order valence-corrected chi connectivity index (χ4v) is 3.09. The molecule has 0 unspecified atom stereocenters. The number of nitrogens with one attached hydrogen (secondary N) is 2. The van der Waals surface area contributed by atoms with Crippen molar-refractivity contribution in [3.63, 3.8) is 0 Å². The predicted molar refractivity (Wildman–Crippen MR) is 108 cm³/mol. The van der Waals surface area contributed by atoms with Gasteiger partial charge in [0.25, 0.3) is 5.91 Å². The lowest BCUT2D eigenvalue weighted by Crippen LogP contribution is -2.30. The summed E-state index contributed by atoms with van der Waals surface area (Å²) in [5.41, 5.74) is 0.406. The van der Waals surface area contributed by atoms with Crippen LogP contribution in [0.5, 0.6) is 0 Å². The van der Waals surface area contributed by atoms with E-state index in [4.69, 9.17) is 0 Å². The maximum Gasteiger partial charge on any atom is 0.417 e. The second kappa shape index (κ2) is 9.60. The number of aromatic nitrogens is 3. The van der Waals surface area contributed by atoms with Crippen molar-refractivity contribution in [3.8, 4) is 0 Å². The predicted octanol–water partition coefficient (Wildman–Crippen LogP) is 4.32. The van der Waals surface area contributed by atoms with E-state index in [9.17, 15) is 18.0 Å². The van der Waals surface area contributed by atoms with Crippen LogP contribution < -0.4 is 10.6 Å². The normalized spacial score (nSPS) is 11.6. The third-order valence-electron chi connectivity index (χ3n) is 4.60. The van der Waals surface area contributed by atoms with Gasteiger partial charge in [0.05, 0.1) is 23.0 Å². The average molecular weight is 419 g/mol. The Morgan fingerprint density at radius 1 is 1.10 bits per heavy atom. The molecule has 0 atom stereocenters. The lowest BCUT2D eigenvalue weighted by molar-refractivity contribution is -0.137. The topological polar surface area (TPSA) is 71.3 Å². The Balaban J connectivity index is 1.53. The van der Waals surface area contributed by atoms with Crippen LogP contribution in [-0.2, 0) is 12.6 Å². The third kappa shape index (κ3) is 5.49. The number of nitrogens with zero attached hydrogens (tertiary/aromatic N) is 3. The van der Waals surface area contributed by atoms with Crippen LogP contribution in [0.1, 0.15) is 47.8 Å². The minimum absolute atomic E-state index is 0.150. The molecule has 2 aromatic heterocycles. The highest BCUT2D eigenvalue weighted by Crippen LogP contribution is 2.31. The first kappa shape index (κ1) is 21.6. The number of hydrogen-bond acceptors (Lipinski definition) is 4. The first-order valence-electron chi connectivity index (χ1n) is 9.92. The van der Waals surface area contributed by atoms with Gasteiger partial charge in [-0.3, -0.25) is 4.79 Å². The summed E-state index contributed by atoms with van der Waals surface area (Å²) in [6.45, 7) is 2.62. The van der Waals surface area contributed by atoms with E-state index >= 15 is 0 Å². The smallest absolute Gasteiger partial charge is 0.367 e. The van der Waals surface area contributed by atoms with Gasteiger partial charge in [0.2, 0.25) is 0 Å². The van der Waals surface area contributed by atoms with Gasteiger partial charge in [-0.1, -0.05) is 31.9 Å². The van der Waals surface area contributed by atoms with Crippen LogP contribution in [0.4, 0.5) is 19.0 Å². The van der Waals surface area contributed by atoms with E-state index in [1.807, 2.05) is 12.3 Å². The summed E-state index contributed by atoms with van der Waals surface area (Å²) in [6, 6.07) is 8.35. The molecule has 1 amide bonds. The summed E-state index contributed by atoms with van der Waals surface area (Å²) in [5.74, 6) is -0.176. The van der Waals surface area contributed by atoms with E-state index in [0.29, 0.717) is 12.4 Å². The number of benzene rings is 1. The second-order valence-electron chi connectivity index (χ2n) is 6.94. The molecule has 2 N–H and O–H groups in total. The highest BCUT2D eigenvalue weighted by Gasteiger charge is 2.34. The molecular weight excluding hydrogens is 395 g/mol. The number of aryl methyl sites for hydroxylation is 1. The van der Waals surface area contributed by atoms with Crippen LogP contribution in [0.2, 0.25) is 0 Å². The molecular formula is C21H24F3N5O. The van der Waals surface area contributed by atoms with Gasteiger partial charge in [-0.05, 0) is 37.1 Å². The Morgan fingerprint density at radius 2 is 1.90 bits per heavy atom. The van der Waals surface area contributed by atoms with Gasteiger partial charge in [-0.25, -0.2) is 9.50 Å². The molecule has 30 heavy (non-hydrogen) atoms. The molecule has 0 fully saturated rings. The summed E-state index contributed by atoms with van der Waals surface area (Å²) in [7, 11) is 0. The fourth-order valence-electron chi connectivity index (χ4n) is 3.09. The van der Waals surface area contributed by atoms with E-state index < -0.39 is 23.2 Å². The SMILES string of the molecule is CCCCCc1cn2nc(NCCNC(=O)c3ccccc3C(F)(F)F)ccc2n1. The van der Waals surface area contributed by atoms with Gasteiger partial charge >= 0.3 is 6.18 Å². The van der Waals surface area contributed by atoms with Gasteiger partial charge in [0.1, 0.15) is 5.82 Å². The zero-order valence-electron chi connectivity index (χ0n) is 16.7. The molecule has 0 bridgehead atoms. The molecule has 0 aliphatic heterocycles. The number of halogens is 3. The Hall–Kier alpha value is -3.10. The van der Waals surface area contributed by atoms with E-state index in [0.717, 1.165) is 49.2 Å². The number of amides is 1. The standard InChI is InChI=1S/C21H24F3N5O/c1-2-3-4-7-15-14-29-19(27-15)11-10-18(28-29)25-12-13-26-20(30)16-8-5-6-9-17(16)21(22,23)24/h5-6,8-11,14H,2-4,7,12-13H2,1H3,(H,25,28)(H,26,30). The Labute approximate surface area is 172 Å². The summed E-state index contributed by atoms with van der Waals surface area (Å²) in [6.07, 6.45) is 1.62. The molecule has 3 rings (SSSR count). The van der Waals surface area contributed by atoms with Crippen LogP contribution in [0.25, 0.3) is 5.65 Å². The molecule has 0 saturated carbocycles. The Bertz CT molecular complexity index is 1000. The van der Waals surface area contributed by atoms with Gasteiger partial charge in [0, 0.05) is 13.1 Å². The van der Waals surface area contributed by atoms with Crippen molar-refractivity contribution < 1.29 is 18.0 Å². The zero-order chi connectivity index (χ0) is 21.6. The van der Waals surface area contributed by atoms with E-state index in [-0.39, 0.29) is 6.54 Å².